The molecule has 0 unspecified atom stereocenters. The second-order valence-corrected chi connectivity index (χ2v) is 6.22. The van der Waals surface area contributed by atoms with Crippen LogP contribution in [0.2, 0.25) is 10.0 Å². The monoisotopic (exact) mass is 327 g/mol. The average molecular weight is 328 g/mol. The standard InChI is InChI=1S/C12H7Cl2N3O2S/c13-9-3-4-16-12(6-9)17-20(18,19)11-2-1-8(7-15)5-10(11)14/h1-6H,(H,16,17). The fourth-order valence-electron chi connectivity index (χ4n) is 1.44. The zero-order valence-electron chi connectivity index (χ0n) is 9.84. The van der Waals surface area contributed by atoms with Crippen molar-refractivity contribution in [3.8, 4) is 6.07 Å². The van der Waals surface area contributed by atoms with Gasteiger partial charge >= 0.3 is 0 Å². The van der Waals surface area contributed by atoms with Crippen molar-refractivity contribution in [1.29, 1.82) is 5.26 Å². The van der Waals surface area contributed by atoms with Crippen molar-refractivity contribution in [2.45, 2.75) is 4.90 Å². The first-order valence-corrected chi connectivity index (χ1v) is 7.50. The second-order valence-electron chi connectivity index (χ2n) is 3.72. The number of benzene rings is 1. The van der Waals surface area contributed by atoms with E-state index in [0.717, 1.165) is 0 Å². The fourth-order valence-corrected chi connectivity index (χ4v) is 3.15. The lowest BCUT2D eigenvalue weighted by molar-refractivity contribution is 0.601. The number of sulfonamides is 1. The summed E-state index contributed by atoms with van der Waals surface area (Å²) in [5, 5.41) is 9.03. The molecular weight excluding hydrogens is 321 g/mol. The molecule has 0 aliphatic rings. The highest BCUT2D eigenvalue weighted by atomic mass is 35.5. The molecule has 0 atom stereocenters. The van der Waals surface area contributed by atoms with Crippen LogP contribution in [0.1, 0.15) is 5.56 Å². The van der Waals surface area contributed by atoms with E-state index >= 15 is 0 Å². The first-order valence-electron chi connectivity index (χ1n) is 5.26. The largest absolute Gasteiger partial charge is 0.264 e. The van der Waals surface area contributed by atoms with Gasteiger partial charge in [-0.15, -0.1) is 0 Å². The molecule has 0 aliphatic heterocycles. The third-order valence-corrected chi connectivity index (χ3v) is 4.38. The van der Waals surface area contributed by atoms with E-state index in [4.69, 9.17) is 28.5 Å². The third-order valence-electron chi connectivity index (χ3n) is 2.31. The van der Waals surface area contributed by atoms with Gasteiger partial charge in [0, 0.05) is 17.3 Å². The predicted octanol–water partition coefficient (Wildman–Crippen LogP) is 3.06. The number of nitriles is 1. The van der Waals surface area contributed by atoms with Crippen molar-refractivity contribution in [2.75, 3.05) is 4.72 Å². The molecule has 0 saturated heterocycles. The van der Waals surface area contributed by atoms with Crippen LogP contribution in [0.15, 0.2) is 41.4 Å². The normalized spacial score (nSPS) is 10.8. The molecule has 2 aromatic rings. The molecular formula is C12H7Cl2N3O2S. The topological polar surface area (TPSA) is 82.8 Å². The second kappa shape index (κ2) is 5.67. The van der Waals surface area contributed by atoms with Gasteiger partial charge in [0.25, 0.3) is 10.0 Å². The van der Waals surface area contributed by atoms with Crippen molar-refractivity contribution in [1.82, 2.24) is 4.98 Å². The summed E-state index contributed by atoms with van der Waals surface area (Å²) in [4.78, 5) is 3.70. The van der Waals surface area contributed by atoms with E-state index in [2.05, 4.69) is 9.71 Å². The van der Waals surface area contributed by atoms with Crippen LogP contribution in [0.3, 0.4) is 0 Å². The van der Waals surface area contributed by atoms with Crippen LogP contribution >= 0.6 is 23.2 Å². The number of anilines is 1. The van der Waals surface area contributed by atoms with Gasteiger partial charge in [-0.1, -0.05) is 23.2 Å². The minimum absolute atomic E-state index is 0.0430. The molecule has 1 heterocycles. The van der Waals surface area contributed by atoms with Gasteiger partial charge in [-0.3, -0.25) is 4.72 Å². The summed E-state index contributed by atoms with van der Waals surface area (Å²) >= 11 is 11.6. The Kier molecular flexibility index (Phi) is 4.14. The predicted molar refractivity (Wildman–Crippen MR) is 76.2 cm³/mol. The van der Waals surface area contributed by atoms with Crippen LogP contribution in [0.25, 0.3) is 0 Å². The number of nitrogens with zero attached hydrogens (tertiary/aromatic N) is 2. The maximum atomic E-state index is 12.2. The van der Waals surface area contributed by atoms with Crippen LogP contribution in [-0.2, 0) is 10.0 Å². The molecule has 1 aromatic heterocycles. The van der Waals surface area contributed by atoms with Gasteiger partial charge < -0.3 is 0 Å². The Labute approximate surface area is 125 Å². The molecule has 1 N–H and O–H groups in total. The molecule has 102 valence electrons. The highest BCUT2D eigenvalue weighted by Crippen LogP contribution is 2.24. The van der Waals surface area contributed by atoms with Crippen LogP contribution in [0, 0.1) is 11.3 Å². The summed E-state index contributed by atoms with van der Waals surface area (Å²) in [6.07, 6.45) is 1.38. The van der Waals surface area contributed by atoms with Crippen molar-refractivity contribution >= 4 is 39.0 Å². The Morgan fingerprint density at radius 1 is 1.20 bits per heavy atom. The number of hydrogen-bond acceptors (Lipinski definition) is 4. The summed E-state index contributed by atoms with van der Waals surface area (Å²) in [6, 6.07) is 8.67. The zero-order valence-corrected chi connectivity index (χ0v) is 12.2. The fraction of sp³-hybridized carbons (Fsp3) is 0. The Morgan fingerprint density at radius 2 is 1.95 bits per heavy atom. The molecule has 0 bridgehead atoms. The Hall–Kier alpha value is -1.81. The van der Waals surface area contributed by atoms with Crippen molar-refractivity contribution < 1.29 is 8.42 Å². The van der Waals surface area contributed by atoms with Gasteiger partial charge in [-0.2, -0.15) is 5.26 Å². The molecule has 0 amide bonds. The Balaban J connectivity index is 2.39. The van der Waals surface area contributed by atoms with Gasteiger partial charge in [0.2, 0.25) is 0 Å². The van der Waals surface area contributed by atoms with E-state index in [1.807, 2.05) is 6.07 Å². The average Bonchev–Trinajstić information content (AvgIpc) is 2.37. The summed E-state index contributed by atoms with van der Waals surface area (Å²) in [6.45, 7) is 0. The SMILES string of the molecule is N#Cc1ccc(S(=O)(=O)Nc2cc(Cl)ccn2)c(Cl)c1. The zero-order chi connectivity index (χ0) is 14.8. The maximum absolute atomic E-state index is 12.2. The smallest absolute Gasteiger partial charge is 0.263 e. The van der Waals surface area contributed by atoms with Crippen molar-refractivity contribution in [3.05, 3.63) is 52.1 Å². The Bertz CT molecular complexity index is 801. The Morgan fingerprint density at radius 3 is 2.55 bits per heavy atom. The van der Waals surface area contributed by atoms with E-state index < -0.39 is 10.0 Å². The van der Waals surface area contributed by atoms with Crippen molar-refractivity contribution in [2.24, 2.45) is 0 Å². The van der Waals surface area contributed by atoms with Crippen LogP contribution in [-0.4, -0.2) is 13.4 Å². The molecule has 5 nitrogen and oxygen atoms in total. The van der Waals surface area contributed by atoms with E-state index in [1.165, 1.54) is 36.5 Å². The van der Waals surface area contributed by atoms with Crippen LogP contribution < -0.4 is 4.72 Å². The van der Waals surface area contributed by atoms with E-state index in [-0.39, 0.29) is 21.3 Å². The lowest BCUT2D eigenvalue weighted by Crippen LogP contribution is -2.14. The van der Waals surface area contributed by atoms with Crippen LogP contribution in [0.4, 0.5) is 5.82 Å². The highest BCUT2D eigenvalue weighted by molar-refractivity contribution is 7.92. The maximum Gasteiger partial charge on any atom is 0.264 e. The van der Waals surface area contributed by atoms with Gasteiger partial charge in [-0.25, -0.2) is 13.4 Å². The number of nitrogens with one attached hydrogen (secondary N) is 1. The van der Waals surface area contributed by atoms with Gasteiger partial charge in [-0.05, 0) is 24.3 Å². The summed E-state index contributed by atoms with van der Waals surface area (Å²) < 4.78 is 26.6. The number of hydrogen-bond donors (Lipinski definition) is 1. The lowest BCUT2D eigenvalue weighted by atomic mass is 10.2. The first kappa shape index (κ1) is 14.6. The summed E-state index contributed by atoms with van der Waals surface area (Å²) in [5.41, 5.74) is 0.273. The minimum atomic E-state index is -3.90. The molecule has 20 heavy (non-hydrogen) atoms. The molecule has 0 spiro atoms. The number of halogens is 2. The summed E-state index contributed by atoms with van der Waals surface area (Å²) in [7, 11) is -3.90. The van der Waals surface area contributed by atoms with Crippen LogP contribution in [0.5, 0.6) is 0 Å². The molecule has 8 heteroatoms. The van der Waals surface area contributed by atoms with E-state index in [9.17, 15) is 8.42 Å². The lowest BCUT2D eigenvalue weighted by Gasteiger charge is -2.09. The number of pyridine rings is 1. The number of aromatic nitrogens is 1. The van der Waals surface area contributed by atoms with E-state index in [1.54, 1.807) is 0 Å². The number of rotatable bonds is 3. The first-order chi connectivity index (χ1) is 9.42. The molecule has 0 radical (unpaired) electrons. The third kappa shape index (κ3) is 3.20. The van der Waals surface area contributed by atoms with E-state index in [0.29, 0.717) is 5.02 Å². The molecule has 0 saturated carbocycles. The molecule has 1 aromatic carbocycles. The van der Waals surface area contributed by atoms with Gasteiger partial charge in [0.05, 0.1) is 16.7 Å². The van der Waals surface area contributed by atoms with Gasteiger partial charge in [0.15, 0.2) is 0 Å². The minimum Gasteiger partial charge on any atom is -0.263 e. The van der Waals surface area contributed by atoms with Gasteiger partial charge in [0.1, 0.15) is 10.7 Å². The molecule has 0 aliphatic carbocycles. The summed E-state index contributed by atoms with van der Waals surface area (Å²) in [5.74, 6) is 0.0814. The molecule has 0 fully saturated rings. The molecule has 2 rings (SSSR count). The highest BCUT2D eigenvalue weighted by Gasteiger charge is 2.19. The quantitative estimate of drug-likeness (QED) is 0.939. The van der Waals surface area contributed by atoms with Crippen molar-refractivity contribution in [3.63, 3.8) is 0 Å².